The third-order valence-electron chi connectivity index (χ3n) is 7.41. The van der Waals surface area contributed by atoms with Crippen LogP contribution in [0.5, 0.6) is 0 Å². The van der Waals surface area contributed by atoms with Crippen molar-refractivity contribution < 1.29 is 38.0 Å². The van der Waals surface area contributed by atoms with Crippen molar-refractivity contribution in [2.75, 3.05) is 6.61 Å². The van der Waals surface area contributed by atoms with Crippen LogP contribution in [-0.2, 0) is 53.0 Å². The Morgan fingerprint density at radius 3 is 2.00 bits per heavy atom. The molecule has 2 aliphatic heterocycles. The first-order valence-corrected chi connectivity index (χ1v) is 14.7. The molecule has 0 unspecified atom stereocenters. The molecule has 228 valence electrons. The number of carbonyl (C=O) groups is 2. The van der Waals surface area contributed by atoms with E-state index in [1.54, 1.807) is 6.92 Å². The van der Waals surface area contributed by atoms with Gasteiger partial charge in [-0.3, -0.25) is 9.69 Å². The summed E-state index contributed by atoms with van der Waals surface area (Å²) in [6.07, 6.45) is -3.50. The fourth-order valence-electron chi connectivity index (χ4n) is 5.46. The second-order valence-corrected chi connectivity index (χ2v) is 11.1. The molecule has 0 radical (unpaired) electrons. The molecule has 5 rings (SSSR count). The van der Waals surface area contributed by atoms with Crippen molar-refractivity contribution in [3.8, 4) is 0 Å². The molecule has 2 aliphatic rings. The highest BCUT2D eigenvalue weighted by atomic mass is 16.8. The normalized spacial score (nSPS) is 22.9. The Labute approximate surface area is 252 Å². The number of fused-ring (bicyclic) bond motifs is 1. The predicted octanol–water partition coefficient (Wildman–Crippen LogP) is 5.61. The monoisotopic (exact) mass is 589 g/mol. The zero-order chi connectivity index (χ0) is 30.2. The molecule has 2 saturated heterocycles. The fourth-order valence-corrected chi connectivity index (χ4v) is 5.46. The summed E-state index contributed by atoms with van der Waals surface area (Å²) >= 11 is 0. The molecule has 0 aromatic heterocycles. The molecule has 0 spiro atoms. The molecule has 2 heterocycles. The second-order valence-electron chi connectivity index (χ2n) is 11.1. The Morgan fingerprint density at radius 1 is 0.814 bits per heavy atom. The van der Waals surface area contributed by atoms with Gasteiger partial charge >= 0.3 is 12.1 Å². The smallest absolute Gasteiger partial charge is 0.410 e. The summed E-state index contributed by atoms with van der Waals surface area (Å²) in [5.41, 5.74) is 2.67. The molecule has 3 aromatic carbocycles. The Bertz CT molecular complexity index is 1320. The fraction of sp³-hybridized carbons (Fsp3) is 0.412. The lowest BCUT2D eigenvalue weighted by molar-refractivity contribution is -0.226. The molecule has 9 heteroatoms. The van der Waals surface area contributed by atoms with Crippen molar-refractivity contribution in [2.45, 2.75) is 83.4 Å². The molecule has 0 N–H and O–H groups in total. The highest BCUT2D eigenvalue weighted by Crippen LogP contribution is 2.41. The van der Waals surface area contributed by atoms with Crippen LogP contribution < -0.4 is 0 Å². The number of esters is 1. The van der Waals surface area contributed by atoms with Crippen molar-refractivity contribution in [2.24, 2.45) is 0 Å². The van der Waals surface area contributed by atoms with Gasteiger partial charge in [0.25, 0.3) is 0 Å². The van der Waals surface area contributed by atoms with Crippen LogP contribution in [0.4, 0.5) is 4.79 Å². The standard InChI is InChI=1S/C34H39NO8/c1-4-38-28(36)20-27(35(21-24-14-8-5-9-15-24)33(37)40-23-26-18-12-7-13-19-26)29-30(39-22-25-16-10-6-11-17-25)31-32(41-29)43-34(2,3)42-31/h5-19,27,29-32H,4,20-23H2,1-3H3/t27-,29-,30+,31-,32-/m1/s1. The van der Waals surface area contributed by atoms with Gasteiger partial charge in [0.2, 0.25) is 0 Å². The largest absolute Gasteiger partial charge is 0.466 e. The van der Waals surface area contributed by atoms with Gasteiger partial charge in [0.1, 0.15) is 24.9 Å². The predicted molar refractivity (Wildman–Crippen MR) is 157 cm³/mol. The lowest BCUT2D eigenvalue weighted by Crippen LogP contribution is -2.53. The maximum atomic E-state index is 13.9. The SMILES string of the molecule is CCOC(=O)C[C@H]([C@H]1O[C@@H]2OC(C)(C)O[C@@H]2[C@H]1OCc1ccccc1)N(Cc1ccccc1)C(=O)OCc1ccccc1. The van der Waals surface area contributed by atoms with Crippen LogP contribution >= 0.6 is 0 Å². The summed E-state index contributed by atoms with van der Waals surface area (Å²) in [4.78, 5) is 28.5. The van der Waals surface area contributed by atoms with Gasteiger partial charge in [-0.2, -0.15) is 0 Å². The average molecular weight is 590 g/mol. The summed E-state index contributed by atoms with van der Waals surface area (Å²) in [6, 6.07) is 27.9. The first-order chi connectivity index (χ1) is 20.8. The number of rotatable bonds is 12. The van der Waals surface area contributed by atoms with Crippen LogP contribution in [0, 0.1) is 0 Å². The van der Waals surface area contributed by atoms with E-state index in [9.17, 15) is 9.59 Å². The topological polar surface area (TPSA) is 92.8 Å². The Kier molecular flexibility index (Phi) is 10.1. The maximum absolute atomic E-state index is 13.9. The summed E-state index contributed by atoms with van der Waals surface area (Å²) < 4.78 is 36.4. The molecule has 3 aromatic rings. The Morgan fingerprint density at radius 2 is 1.40 bits per heavy atom. The van der Waals surface area contributed by atoms with Crippen molar-refractivity contribution in [3.63, 3.8) is 0 Å². The van der Waals surface area contributed by atoms with E-state index in [0.717, 1.165) is 16.7 Å². The zero-order valence-corrected chi connectivity index (χ0v) is 24.8. The highest BCUT2D eigenvalue weighted by molar-refractivity contribution is 5.73. The third kappa shape index (κ3) is 8.00. The Hall–Kier alpha value is -3.76. The lowest BCUT2D eigenvalue weighted by Gasteiger charge is -2.37. The molecule has 0 bridgehead atoms. The van der Waals surface area contributed by atoms with E-state index < -0.39 is 48.5 Å². The third-order valence-corrected chi connectivity index (χ3v) is 7.41. The summed E-state index contributed by atoms with van der Waals surface area (Å²) in [7, 11) is 0. The molecule has 0 aliphatic carbocycles. The van der Waals surface area contributed by atoms with Crippen LogP contribution in [0.15, 0.2) is 91.0 Å². The summed E-state index contributed by atoms with van der Waals surface area (Å²) in [5.74, 6) is -1.35. The zero-order valence-electron chi connectivity index (χ0n) is 24.8. The van der Waals surface area contributed by atoms with Gasteiger partial charge in [-0.15, -0.1) is 0 Å². The molecule has 5 atom stereocenters. The molecule has 2 fully saturated rings. The average Bonchev–Trinajstić information content (AvgIpc) is 3.49. The number of amides is 1. The number of ether oxygens (including phenoxy) is 6. The van der Waals surface area contributed by atoms with E-state index in [1.807, 2.05) is 105 Å². The van der Waals surface area contributed by atoms with Crippen molar-refractivity contribution in [1.82, 2.24) is 4.90 Å². The number of hydrogen-bond acceptors (Lipinski definition) is 8. The van der Waals surface area contributed by atoms with Crippen molar-refractivity contribution in [1.29, 1.82) is 0 Å². The first-order valence-electron chi connectivity index (χ1n) is 14.7. The quantitative estimate of drug-likeness (QED) is 0.252. The minimum atomic E-state index is -0.885. The number of nitrogens with zero attached hydrogens (tertiary/aromatic N) is 1. The van der Waals surface area contributed by atoms with E-state index in [1.165, 1.54) is 4.90 Å². The highest BCUT2D eigenvalue weighted by Gasteiger charge is 2.58. The van der Waals surface area contributed by atoms with Crippen molar-refractivity contribution >= 4 is 12.1 Å². The lowest BCUT2D eigenvalue weighted by atomic mass is 9.98. The molecule has 1 amide bonds. The van der Waals surface area contributed by atoms with Crippen LogP contribution in [0.1, 0.15) is 43.9 Å². The van der Waals surface area contributed by atoms with Gasteiger partial charge in [0.05, 0.1) is 25.7 Å². The van der Waals surface area contributed by atoms with Gasteiger partial charge in [0, 0.05) is 6.54 Å². The van der Waals surface area contributed by atoms with E-state index >= 15 is 0 Å². The van der Waals surface area contributed by atoms with Crippen LogP contribution in [0.2, 0.25) is 0 Å². The van der Waals surface area contributed by atoms with E-state index in [0.29, 0.717) is 0 Å². The molecular formula is C34H39NO8. The van der Waals surface area contributed by atoms with Crippen LogP contribution in [0.3, 0.4) is 0 Å². The molecule has 43 heavy (non-hydrogen) atoms. The second kappa shape index (κ2) is 14.1. The minimum absolute atomic E-state index is 0.0716. The number of hydrogen-bond donors (Lipinski definition) is 0. The molecule has 9 nitrogen and oxygen atoms in total. The van der Waals surface area contributed by atoms with Crippen LogP contribution in [0.25, 0.3) is 0 Å². The first kappa shape index (κ1) is 30.7. The summed E-state index contributed by atoms with van der Waals surface area (Å²) in [6.45, 7) is 6.10. The van der Waals surface area contributed by atoms with Gasteiger partial charge in [-0.1, -0.05) is 91.0 Å². The molecule has 0 saturated carbocycles. The van der Waals surface area contributed by atoms with E-state index in [2.05, 4.69) is 0 Å². The van der Waals surface area contributed by atoms with Gasteiger partial charge in [-0.25, -0.2) is 4.79 Å². The summed E-state index contributed by atoms with van der Waals surface area (Å²) in [5, 5.41) is 0. The van der Waals surface area contributed by atoms with Gasteiger partial charge in [-0.05, 0) is 37.5 Å². The number of benzene rings is 3. The van der Waals surface area contributed by atoms with Gasteiger partial charge in [0.15, 0.2) is 12.1 Å². The van der Waals surface area contributed by atoms with E-state index in [4.69, 9.17) is 28.4 Å². The van der Waals surface area contributed by atoms with Gasteiger partial charge < -0.3 is 28.4 Å². The van der Waals surface area contributed by atoms with Crippen LogP contribution in [-0.4, -0.2) is 60.0 Å². The number of carbonyl (C=O) groups excluding carboxylic acids is 2. The Balaban J connectivity index is 1.47. The van der Waals surface area contributed by atoms with E-state index in [-0.39, 0.29) is 32.8 Å². The van der Waals surface area contributed by atoms with Crippen molar-refractivity contribution in [3.05, 3.63) is 108 Å². The minimum Gasteiger partial charge on any atom is -0.466 e. The maximum Gasteiger partial charge on any atom is 0.410 e. The molecular weight excluding hydrogens is 550 g/mol.